The number of aromatic hydroxyl groups is 1. The van der Waals surface area contributed by atoms with Crippen molar-refractivity contribution in [2.45, 2.75) is 0 Å². The van der Waals surface area contributed by atoms with Gasteiger partial charge in [-0.2, -0.15) is 0 Å². The van der Waals surface area contributed by atoms with E-state index in [-0.39, 0.29) is 5.75 Å². The summed E-state index contributed by atoms with van der Waals surface area (Å²) in [5.74, 6) is 2.13. The standard InChI is InChI=1S/C20H17NO4/c1-23-17-11-13(12-18-20(17)25-10-9-24-18)5-7-15-8-6-14-3-2-4-16(22)19(14)21-15/h2-8,11-12,22H,9-10H2,1H3. The SMILES string of the molecule is COc1cc(C=Cc2ccc3cccc(O)c3n2)cc2c1OCCO2. The number of nitrogens with zero attached hydrogens (tertiary/aromatic N) is 1. The van der Waals surface area contributed by atoms with Crippen LogP contribution in [-0.2, 0) is 0 Å². The van der Waals surface area contributed by atoms with E-state index >= 15 is 0 Å². The van der Waals surface area contributed by atoms with Crippen molar-refractivity contribution in [2.75, 3.05) is 20.3 Å². The molecule has 25 heavy (non-hydrogen) atoms. The maximum Gasteiger partial charge on any atom is 0.203 e. The van der Waals surface area contributed by atoms with Crippen molar-refractivity contribution in [1.29, 1.82) is 0 Å². The average Bonchev–Trinajstić information content (AvgIpc) is 2.66. The van der Waals surface area contributed by atoms with Gasteiger partial charge in [0.25, 0.3) is 0 Å². The number of para-hydroxylation sites is 1. The molecule has 5 heteroatoms. The number of phenols is 1. The maximum absolute atomic E-state index is 9.95. The van der Waals surface area contributed by atoms with Crippen molar-refractivity contribution in [1.82, 2.24) is 4.98 Å². The van der Waals surface area contributed by atoms with Crippen LogP contribution in [0.2, 0.25) is 0 Å². The molecule has 0 bridgehead atoms. The lowest BCUT2D eigenvalue weighted by Gasteiger charge is -2.20. The Morgan fingerprint density at radius 3 is 2.84 bits per heavy atom. The molecule has 0 unspecified atom stereocenters. The van der Waals surface area contributed by atoms with E-state index < -0.39 is 0 Å². The molecule has 2 aromatic carbocycles. The molecule has 1 aliphatic rings. The summed E-state index contributed by atoms with van der Waals surface area (Å²) < 4.78 is 16.6. The van der Waals surface area contributed by atoms with E-state index in [0.717, 1.165) is 16.6 Å². The van der Waals surface area contributed by atoms with Gasteiger partial charge in [-0.05, 0) is 35.9 Å². The van der Waals surface area contributed by atoms with Gasteiger partial charge in [0.2, 0.25) is 5.75 Å². The second kappa shape index (κ2) is 6.36. The monoisotopic (exact) mass is 335 g/mol. The van der Waals surface area contributed by atoms with Crippen molar-refractivity contribution in [3.8, 4) is 23.0 Å². The van der Waals surface area contributed by atoms with Gasteiger partial charge in [0, 0.05) is 5.39 Å². The number of rotatable bonds is 3. The molecule has 0 saturated carbocycles. The molecule has 0 radical (unpaired) electrons. The van der Waals surface area contributed by atoms with E-state index in [1.165, 1.54) is 0 Å². The number of methoxy groups -OCH3 is 1. The number of fused-ring (bicyclic) bond motifs is 2. The van der Waals surface area contributed by atoms with Crippen molar-refractivity contribution in [3.63, 3.8) is 0 Å². The molecular formula is C20H17NO4. The molecule has 0 spiro atoms. The molecule has 0 aliphatic carbocycles. The van der Waals surface area contributed by atoms with Gasteiger partial charge in [0.05, 0.1) is 12.8 Å². The average molecular weight is 335 g/mol. The van der Waals surface area contributed by atoms with Gasteiger partial charge in [0.1, 0.15) is 24.5 Å². The first-order chi connectivity index (χ1) is 12.2. The van der Waals surface area contributed by atoms with E-state index in [9.17, 15) is 5.11 Å². The Bertz CT molecular complexity index is 948. The van der Waals surface area contributed by atoms with Gasteiger partial charge in [0.15, 0.2) is 11.5 Å². The van der Waals surface area contributed by atoms with Crippen molar-refractivity contribution < 1.29 is 19.3 Å². The largest absolute Gasteiger partial charge is 0.506 e. The molecule has 4 rings (SSSR count). The summed E-state index contributed by atoms with van der Waals surface area (Å²) in [7, 11) is 1.61. The number of phenolic OH excluding ortho intramolecular Hbond substituents is 1. The van der Waals surface area contributed by atoms with Crippen LogP contribution in [0.5, 0.6) is 23.0 Å². The number of ether oxygens (including phenoxy) is 3. The normalized spacial score (nSPS) is 13.3. The highest BCUT2D eigenvalue weighted by atomic mass is 16.6. The number of hydrogen-bond acceptors (Lipinski definition) is 5. The maximum atomic E-state index is 9.95. The summed E-state index contributed by atoms with van der Waals surface area (Å²) in [4.78, 5) is 4.50. The van der Waals surface area contributed by atoms with E-state index in [1.807, 2.05) is 42.5 Å². The third-order valence-corrected chi connectivity index (χ3v) is 4.02. The first kappa shape index (κ1) is 15.3. The zero-order valence-corrected chi connectivity index (χ0v) is 13.7. The van der Waals surface area contributed by atoms with Crippen molar-refractivity contribution >= 4 is 23.1 Å². The Hall–Kier alpha value is -3.21. The van der Waals surface area contributed by atoms with Crippen LogP contribution >= 0.6 is 0 Å². The Morgan fingerprint density at radius 2 is 1.96 bits per heavy atom. The molecule has 1 aromatic heterocycles. The summed E-state index contributed by atoms with van der Waals surface area (Å²) in [5, 5.41) is 10.8. The van der Waals surface area contributed by atoms with Crippen LogP contribution in [-0.4, -0.2) is 30.4 Å². The Morgan fingerprint density at radius 1 is 1.08 bits per heavy atom. The first-order valence-electron chi connectivity index (χ1n) is 7.99. The number of benzene rings is 2. The molecule has 0 atom stereocenters. The fraction of sp³-hybridized carbons (Fsp3) is 0.150. The van der Waals surface area contributed by atoms with Crippen LogP contribution in [0.25, 0.3) is 23.1 Å². The number of aromatic nitrogens is 1. The molecule has 1 aliphatic heterocycles. The Balaban J connectivity index is 1.69. The van der Waals surface area contributed by atoms with E-state index in [2.05, 4.69) is 4.98 Å². The molecule has 0 fully saturated rings. The third-order valence-electron chi connectivity index (χ3n) is 4.02. The van der Waals surface area contributed by atoms with Crippen LogP contribution in [0.1, 0.15) is 11.3 Å². The fourth-order valence-corrected chi connectivity index (χ4v) is 2.81. The van der Waals surface area contributed by atoms with Gasteiger partial charge in [-0.3, -0.25) is 0 Å². The fourth-order valence-electron chi connectivity index (χ4n) is 2.81. The summed E-state index contributed by atoms with van der Waals surface area (Å²) >= 11 is 0. The highest BCUT2D eigenvalue weighted by Crippen LogP contribution is 2.40. The minimum atomic E-state index is 0.175. The van der Waals surface area contributed by atoms with Gasteiger partial charge < -0.3 is 19.3 Å². The zero-order chi connectivity index (χ0) is 17.2. The van der Waals surface area contributed by atoms with Crippen molar-refractivity contribution in [3.05, 3.63) is 53.7 Å². The third kappa shape index (κ3) is 2.96. The van der Waals surface area contributed by atoms with Crippen LogP contribution in [0.3, 0.4) is 0 Å². The van der Waals surface area contributed by atoms with Gasteiger partial charge in [-0.25, -0.2) is 4.98 Å². The van der Waals surface area contributed by atoms with E-state index in [4.69, 9.17) is 14.2 Å². The van der Waals surface area contributed by atoms with E-state index in [1.54, 1.807) is 19.2 Å². The quantitative estimate of drug-likeness (QED) is 0.787. The van der Waals surface area contributed by atoms with Crippen LogP contribution in [0.15, 0.2) is 42.5 Å². The minimum Gasteiger partial charge on any atom is -0.506 e. The van der Waals surface area contributed by atoms with Crippen molar-refractivity contribution in [2.24, 2.45) is 0 Å². The van der Waals surface area contributed by atoms with Crippen LogP contribution < -0.4 is 14.2 Å². The zero-order valence-electron chi connectivity index (χ0n) is 13.7. The van der Waals surface area contributed by atoms with Crippen LogP contribution in [0, 0.1) is 0 Å². The number of hydrogen-bond donors (Lipinski definition) is 1. The lowest BCUT2D eigenvalue weighted by atomic mass is 10.1. The Labute approximate surface area is 145 Å². The highest BCUT2D eigenvalue weighted by Gasteiger charge is 2.17. The molecule has 5 nitrogen and oxygen atoms in total. The number of pyridine rings is 1. The van der Waals surface area contributed by atoms with Gasteiger partial charge >= 0.3 is 0 Å². The smallest absolute Gasteiger partial charge is 0.203 e. The molecule has 0 saturated heterocycles. The molecular weight excluding hydrogens is 318 g/mol. The molecule has 0 amide bonds. The topological polar surface area (TPSA) is 60.8 Å². The molecule has 3 aromatic rings. The summed E-state index contributed by atoms with van der Waals surface area (Å²) in [6.07, 6.45) is 3.81. The van der Waals surface area contributed by atoms with Gasteiger partial charge in [-0.1, -0.05) is 24.3 Å². The molecule has 1 N–H and O–H groups in total. The highest BCUT2D eigenvalue weighted by molar-refractivity contribution is 5.85. The lowest BCUT2D eigenvalue weighted by Crippen LogP contribution is -2.16. The van der Waals surface area contributed by atoms with Gasteiger partial charge in [-0.15, -0.1) is 0 Å². The first-order valence-corrected chi connectivity index (χ1v) is 7.99. The molecule has 126 valence electrons. The predicted molar refractivity (Wildman–Crippen MR) is 96.3 cm³/mol. The summed E-state index contributed by atoms with van der Waals surface area (Å²) in [6.45, 7) is 1.04. The second-order valence-corrected chi connectivity index (χ2v) is 5.67. The summed E-state index contributed by atoms with van der Waals surface area (Å²) in [6, 6.07) is 13.0. The second-order valence-electron chi connectivity index (χ2n) is 5.67. The predicted octanol–water partition coefficient (Wildman–Crippen LogP) is 3.89. The minimum absolute atomic E-state index is 0.175. The van der Waals surface area contributed by atoms with E-state index in [0.29, 0.717) is 36.0 Å². The Kier molecular flexibility index (Phi) is 3.90. The van der Waals surface area contributed by atoms with Crippen LogP contribution in [0.4, 0.5) is 0 Å². The molecule has 2 heterocycles. The lowest BCUT2D eigenvalue weighted by molar-refractivity contribution is 0.165. The summed E-state index contributed by atoms with van der Waals surface area (Å²) in [5.41, 5.74) is 2.26.